The molecule has 1 aliphatic rings. The number of nitrogens with zero attached hydrogens (tertiary/aromatic N) is 6. The molecule has 0 spiro atoms. The molecule has 1 aromatic heterocycles. The molecule has 164 valence electrons. The topological polar surface area (TPSA) is 85.6 Å². The van der Waals surface area contributed by atoms with Gasteiger partial charge in [0.2, 0.25) is 5.91 Å². The molecule has 1 aromatic carbocycles. The van der Waals surface area contributed by atoms with Crippen LogP contribution in [0.25, 0.3) is 0 Å². The van der Waals surface area contributed by atoms with Gasteiger partial charge in [-0.1, -0.05) is 12.1 Å². The molecule has 0 radical (unpaired) electrons. The van der Waals surface area contributed by atoms with E-state index in [4.69, 9.17) is 9.47 Å². The average Bonchev–Trinajstić information content (AvgIpc) is 3.25. The first kappa shape index (κ1) is 22.2. The molecular weight excluding hydrogens is 384 g/mol. The number of likely N-dealkylation sites (N-methyl/N-ethyl adjacent to an activating group) is 1. The van der Waals surface area contributed by atoms with Gasteiger partial charge in [-0.25, -0.2) is 4.68 Å². The predicted octanol–water partition coefficient (Wildman–Crippen LogP) is 1.34. The van der Waals surface area contributed by atoms with Crippen molar-refractivity contribution in [3.8, 4) is 5.75 Å². The Morgan fingerprint density at radius 3 is 2.67 bits per heavy atom. The Balaban J connectivity index is 1.71. The second-order valence-corrected chi connectivity index (χ2v) is 7.91. The third-order valence-corrected chi connectivity index (χ3v) is 5.92. The highest BCUT2D eigenvalue weighted by molar-refractivity contribution is 5.76. The lowest BCUT2D eigenvalue weighted by atomic mass is 9.86. The molecule has 30 heavy (non-hydrogen) atoms. The fraction of sp³-hybridized carbons (Fsp3) is 0.619. The number of carbonyl (C=O) groups excluding carboxylic acids is 1. The fourth-order valence-electron chi connectivity index (χ4n) is 4.06. The summed E-state index contributed by atoms with van der Waals surface area (Å²) in [6.07, 6.45) is 2.99. The summed E-state index contributed by atoms with van der Waals surface area (Å²) in [5.41, 5.74) is 0.717. The number of carbonyl (C=O) groups is 1. The van der Waals surface area contributed by atoms with Crippen LogP contribution in [0.3, 0.4) is 0 Å². The third kappa shape index (κ3) is 4.79. The van der Waals surface area contributed by atoms with Gasteiger partial charge in [0.05, 0.1) is 20.3 Å². The molecule has 2 heterocycles. The minimum atomic E-state index is -0.411. The van der Waals surface area contributed by atoms with Gasteiger partial charge in [0, 0.05) is 26.6 Å². The van der Waals surface area contributed by atoms with E-state index < -0.39 is 5.54 Å². The zero-order valence-electron chi connectivity index (χ0n) is 18.4. The van der Waals surface area contributed by atoms with Gasteiger partial charge in [-0.3, -0.25) is 9.69 Å². The Labute approximate surface area is 177 Å². The van der Waals surface area contributed by atoms with Gasteiger partial charge in [-0.15, -0.1) is 5.10 Å². The molecule has 0 bridgehead atoms. The SMILES string of the molecule is COCCn1nnnc1C1(N(C)C)CCCN(C(=O)CCc2ccc(OC)cc2)C1. The molecule has 1 saturated heterocycles. The Morgan fingerprint density at radius 1 is 1.23 bits per heavy atom. The molecule has 1 fully saturated rings. The van der Waals surface area contributed by atoms with E-state index in [-0.39, 0.29) is 5.91 Å². The van der Waals surface area contributed by atoms with Crippen molar-refractivity contribution in [3.63, 3.8) is 0 Å². The number of tetrazole rings is 1. The lowest BCUT2D eigenvalue weighted by Gasteiger charge is -2.45. The number of hydrogen-bond acceptors (Lipinski definition) is 7. The van der Waals surface area contributed by atoms with Crippen molar-refractivity contribution in [1.82, 2.24) is 30.0 Å². The molecule has 0 N–H and O–H groups in total. The van der Waals surface area contributed by atoms with Crippen molar-refractivity contribution in [3.05, 3.63) is 35.7 Å². The van der Waals surface area contributed by atoms with E-state index in [0.717, 1.165) is 36.5 Å². The van der Waals surface area contributed by atoms with E-state index in [9.17, 15) is 4.79 Å². The predicted molar refractivity (Wildman–Crippen MR) is 112 cm³/mol. The molecule has 2 aromatic rings. The van der Waals surface area contributed by atoms with E-state index in [0.29, 0.717) is 32.5 Å². The minimum Gasteiger partial charge on any atom is -0.497 e. The lowest BCUT2D eigenvalue weighted by Crippen LogP contribution is -2.56. The van der Waals surface area contributed by atoms with Crippen LogP contribution in [0.4, 0.5) is 0 Å². The normalized spacial score (nSPS) is 19.3. The number of piperidine rings is 1. The standard InChI is InChI=1S/C21H32N6O3/c1-25(2)21(20-22-23-24-27(20)14-15-29-3)12-5-13-26(16-21)19(28)11-8-17-6-9-18(30-4)10-7-17/h6-7,9-10H,5,8,11-16H2,1-4H3. The highest BCUT2D eigenvalue weighted by atomic mass is 16.5. The van der Waals surface area contributed by atoms with Crippen LogP contribution in [0.2, 0.25) is 0 Å². The van der Waals surface area contributed by atoms with Crippen LogP contribution in [-0.4, -0.2) is 83.9 Å². The first-order chi connectivity index (χ1) is 14.5. The van der Waals surface area contributed by atoms with Gasteiger partial charge < -0.3 is 14.4 Å². The molecule has 9 heteroatoms. The maximum Gasteiger partial charge on any atom is 0.222 e. The number of amides is 1. The largest absolute Gasteiger partial charge is 0.497 e. The van der Waals surface area contributed by atoms with Crippen LogP contribution < -0.4 is 4.74 Å². The van der Waals surface area contributed by atoms with Gasteiger partial charge in [-0.05, 0) is 61.5 Å². The average molecular weight is 417 g/mol. The number of rotatable bonds is 9. The van der Waals surface area contributed by atoms with Crippen molar-refractivity contribution in [1.29, 1.82) is 0 Å². The minimum absolute atomic E-state index is 0.160. The summed E-state index contributed by atoms with van der Waals surface area (Å²) < 4.78 is 12.2. The second kappa shape index (κ2) is 9.99. The van der Waals surface area contributed by atoms with Crippen molar-refractivity contribution in [2.75, 3.05) is 48.0 Å². The summed E-state index contributed by atoms with van der Waals surface area (Å²) in [5.74, 6) is 1.77. The van der Waals surface area contributed by atoms with E-state index in [1.54, 1.807) is 18.9 Å². The van der Waals surface area contributed by atoms with E-state index in [1.165, 1.54) is 0 Å². The molecule has 9 nitrogen and oxygen atoms in total. The van der Waals surface area contributed by atoms with Crippen molar-refractivity contribution in [2.45, 2.75) is 37.8 Å². The van der Waals surface area contributed by atoms with Crippen molar-refractivity contribution in [2.24, 2.45) is 0 Å². The van der Waals surface area contributed by atoms with Crippen molar-refractivity contribution >= 4 is 5.91 Å². The summed E-state index contributed by atoms with van der Waals surface area (Å²) in [6.45, 7) is 2.46. The Bertz CT molecular complexity index is 822. The Morgan fingerprint density at radius 2 is 2.00 bits per heavy atom. The molecule has 1 atom stereocenters. The third-order valence-electron chi connectivity index (χ3n) is 5.92. The molecule has 1 unspecified atom stereocenters. The molecule has 1 aliphatic heterocycles. The summed E-state index contributed by atoms with van der Waals surface area (Å²) in [4.78, 5) is 17.1. The van der Waals surface area contributed by atoms with Gasteiger partial charge in [0.15, 0.2) is 5.82 Å². The number of aryl methyl sites for hydroxylation is 1. The number of methoxy groups -OCH3 is 2. The number of hydrogen-bond donors (Lipinski definition) is 0. The number of aromatic nitrogens is 4. The zero-order valence-corrected chi connectivity index (χ0v) is 18.4. The second-order valence-electron chi connectivity index (χ2n) is 7.91. The van der Waals surface area contributed by atoms with E-state index >= 15 is 0 Å². The van der Waals surface area contributed by atoms with Gasteiger partial charge in [-0.2, -0.15) is 0 Å². The molecular formula is C21H32N6O3. The highest BCUT2D eigenvalue weighted by Crippen LogP contribution is 2.35. The van der Waals surface area contributed by atoms with Crippen LogP contribution in [0.1, 0.15) is 30.7 Å². The summed E-state index contributed by atoms with van der Waals surface area (Å²) >= 11 is 0. The molecule has 0 saturated carbocycles. The van der Waals surface area contributed by atoms with Crippen LogP contribution in [0, 0.1) is 0 Å². The van der Waals surface area contributed by atoms with Gasteiger partial charge >= 0.3 is 0 Å². The van der Waals surface area contributed by atoms with E-state index in [1.807, 2.05) is 43.3 Å². The number of benzene rings is 1. The highest BCUT2D eigenvalue weighted by Gasteiger charge is 2.44. The lowest BCUT2D eigenvalue weighted by molar-refractivity contribution is -0.135. The fourth-order valence-corrected chi connectivity index (χ4v) is 4.06. The first-order valence-electron chi connectivity index (χ1n) is 10.3. The maximum absolute atomic E-state index is 13.0. The molecule has 3 rings (SSSR count). The Hall–Kier alpha value is -2.52. The van der Waals surface area contributed by atoms with Crippen LogP contribution in [0.5, 0.6) is 5.75 Å². The number of likely N-dealkylation sites (tertiary alicyclic amines) is 1. The quantitative estimate of drug-likeness (QED) is 0.610. The van der Waals surface area contributed by atoms with Gasteiger partial charge in [0.25, 0.3) is 0 Å². The van der Waals surface area contributed by atoms with Gasteiger partial charge in [0.1, 0.15) is 11.3 Å². The van der Waals surface area contributed by atoms with Crippen LogP contribution in [0.15, 0.2) is 24.3 Å². The van der Waals surface area contributed by atoms with Crippen LogP contribution >= 0.6 is 0 Å². The summed E-state index contributed by atoms with van der Waals surface area (Å²) in [5, 5.41) is 12.4. The maximum atomic E-state index is 13.0. The van der Waals surface area contributed by atoms with Crippen LogP contribution in [-0.2, 0) is 28.0 Å². The number of ether oxygens (including phenoxy) is 2. The smallest absolute Gasteiger partial charge is 0.222 e. The summed E-state index contributed by atoms with van der Waals surface area (Å²) in [6, 6.07) is 7.88. The molecule has 0 aliphatic carbocycles. The summed E-state index contributed by atoms with van der Waals surface area (Å²) in [7, 11) is 7.37. The molecule has 1 amide bonds. The first-order valence-corrected chi connectivity index (χ1v) is 10.3. The van der Waals surface area contributed by atoms with Crippen molar-refractivity contribution < 1.29 is 14.3 Å². The zero-order chi connectivity index (χ0) is 21.6. The monoisotopic (exact) mass is 416 g/mol. The Kier molecular flexibility index (Phi) is 7.38. The van der Waals surface area contributed by atoms with E-state index in [2.05, 4.69) is 20.4 Å².